The molecule has 1 fully saturated rings. The highest BCUT2D eigenvalue weighted by Gasteiger charge is 2.24. The number of carbonyl (C=O) groups excluding carboxylic acids is 1. The summed E-state index contributed by atoms with van der Waals surface area (Å²) in [7, 11) is 0. The average molecular weight is 400 g/mol. The largest absolute Gasteiger partial charge is 0.370 e. The van der Waals surface area contributed by atoms with E-state index < -0.39 is 0 Å². The second-order valence-electron chi connectivity index (χ2n) is 7.04. The molecular weight excluding hydrogens is 377 g/mol. The van der Waals surface area contributed by atoms with Gasteiger partial charge in [0.15, 0.2) is 5.13 Å². The Labute approximate surface area is 167 Å². The molecule has 1 saturated heterocycles. The van der Waals surface area contributed by atoms with Crippen molar-refractivity contribution in [2.75, 3.05) is 44.3 Å². The highest BCUT2D eigenvalue weighted by molar-refractivity contribution is 7.22. The van der Waals surface area contributed by atoms with Crippen LogP contribution in [0.25, 0.3) is 10.2 Å². The van der Waals surface area contributed by atoms with Gasteiger partial charge < -0.3 is 9.64 Å². The van der Waals surface area contributed by atoms with Crippen LogP contribution < -0.4 is 9.80 Å². The Kier molecular flexibility index (Phi) is 5.66. The number of rotatable bonds is 5. The minimum absolute atomic E-state index is 0.0767. The number of amides is 1. The summed E-state index contributed by atoms with van der Waals surface area (Å²) in [5, 5.41) is 0.610. The van der Waals surface area contributed by atoms with Crippen LogP contribution in [0.4, 0.5) is 9.52 Å². The molecule has 2 heterocycles. The maximum atomic E-state index is 13.6. The van der Waals surface area contributed by atoms with Crippen LogP contribution in [0.1, 0.15) is 15.9 Å². The molecule has 1 amide bonds. The fourth-order valence-corrected chi connectivity index (χ4v) is 4.33. The topological polar surface area (TPSA) is 46.9 Å². The summed E-state index contributed by atoms with van der Waals surface area (Å²) in [6.07, 6.45) is 0. The van der Waals surface area contributed by atoms with Crippen molar-refractivity contribution in [3.8, 4) is 0 Å². The Hall–Kier alpha value is -2.35. The van der Waals surface area contributed by atoms with Gasteiger partial charge in [-0.3, -0.25) is 9.69 Å². The van der Waals surface area contributed by atoms with Gasteiger partial charge in [0.05, 0.1) is 36.5 Å². The van der Waals surface area contributed by atoms with Crippen LogP contribution in [0.2, 0.25) is 0 Å². The number of morpholine rings is 1. The van der Waals surface area contributed by atoms with E-state index in [1.165, 1.54) is 28.4 Å². The molecule has 146 valence electrons. The van der Waals surface area contributed by atoms with Crippen LogP contribution in [0.5, 0.6) is 0 Å². The molecule has 7 heteroatoms. The number of aryl methyl sites for hydroxylation is 1. The molecule has 28 heavy (non-hydrogen) atoms. The lowest BCUT2D eigenvalue weighted by atomic mass is 10.1. The Morgan fingerprint density at radius 1 is 1.21 bits per heavy atom. The average Bonchev–Trinajstić information content (AvgIpc) is 3.12. The molecule has 0 aliphatic carbocycles. The first-order valence-corrected chi connectivity index (χ1v) is 10.3. The summed E-state index contributed by atoms with van der Waals surface area (Å²) in [6.45, 7) is 6.77. The molecule has 0 atom stereocenters. The molecule has 0 spiro atoms. The third-order valence-electron chi connectivity index (χ3n) is 5.00. The number of benzene rings is 2. The molecule has 1 aromatic heterocycles. The van der Waals surface area contributed by atoms with Gasteiger partial charge in [-0.05, 0) is 37.3 Å². The summed E-state index contributed by atoms with van der Waals surface area (Å²) in [5.41, 5.74) is 2.45. The standard InChI is InChI=1S/C21H22FN3O2S/c1-15-2-4-16(5-3-15)20(26)25(9-8-24-10-12-27-13-11-24)21-23-18-7-6-17(22)14-19(18)28-21/h2-7,14H,8-13H2,1H3/p+1. The molecule has 0 bridgehead atoms. The van der Waals surface area contributed by atoms with Gasteiger partial charge in [-0.15, -0.1) is 0 Å². The summed E-state index contributed by atoms with van der Waals surface area (Å²) in [6, 6.07) is 12.1. The van der Waals surface area contributed by atoms with Gasteiger partial charge in [0, 0.05) is 5.56 Å². The normalized spacial score (nSPS) is 15.1. The number of halogens is 1. The molecule has 1 aliphatic heterocycles. The number of anilines is 1. The number of fused-ring (bicyclic) bond motifs is 1. The van der Waals surface area contributed by atoms with E-state index in [1.54, 1.807) is 11.0 Å². The van der Waals surface area contributed by atoms with Gasteiger partial charge in [-0.25, -0.2) is 9.37 Å². The molecule has 3 aromatic rings. The smallest absolute Gasteiger partial charge is 0.260 e. The van der Waals surface area contributed by atoms with Crippen molar-refractivity contribution in [1.29, 1.82) is 0 Å². The Morgan fingerprint density at radius 3 is 2.71 bits per heavy atom. The minimum atomic E-state index is -0.295. The fourth-order valence-electron chi connectivity index (χ4n) is 3.32. The second kappa shape index (κ2) is 8.34. The van der Waals surface area contributed by atoms with Gasteiger partial charge in [-0.2, -0.15) is 0 Å². The number of ether oxygens (including phenoxy) is 1. The molecule has 4 rings (SSSR count). The van der Waals surface area contributed by atoms with Gasteiger partial charge in [0.25, 0.3) is 5.91 Å². The zero-order chi connectivity index (χ0) is 19.5. The molecule has 1 N–H and O–H groups in total. The highest BCUT2D eigenvalue weighted by atomic mass is 32.1. The number of hydrogen-bond donors (Lipinski definition) is 1. The summed E-state index contributed by atoms with van der Waals surface area (Å²) in [4.78, 5) is 21.0. The number of thiazole rings is 1. The first-order chi connectivity index (χ1) is 13.6. The molecule has 0 saturated carbocycles. The van der Waals surface area contributed by atoms with E-state index in [2.05, 4.69) is 4.98 Å². The van der Waals surface area contributed by atoms with E-state index in [4.69, 9.17) is 4.74 Å². The minimum Gasteiger partial charge on any atom is -0.370 e. The molecular formula is C21H23FN3O2S+. The quantitative estimate of drug-likeness (QED) is 0.715. The lowest BCUT2D eigenvalue weighted by Gasteiger charge is -2.27. The SMILES string of the molecule is Cc1ccc(C(=O)N(CC[NH+]2CCOCC2)c2nc3ccc(F)cc3s2)cc1. The van der Waals surface area contributed by atoms with Crippen molar-refractivity contribution < 1.29 is 18.8 Å². The number of aromatic nitrogens is 1. The van der Waals surface area contributed by atoms with Crippen molar-refractivity contribution in [1.82, 2.24) is 4.98 Å². The monoisotopic (exact) mass is 400 g/mol. The zero-order valence-electron chi connectivity index (χ0n) is 15.8. The van der Waals surface area contributed by atoms with Crippen LogP contribution >= 0.6 is 11.3 Å². The molecule has 2 aromatic carbocycles. The number of quaternary nitrogens is 1. The van der Waals surface area contributed by atoms with E-state index in [9.17, 15) is 9.18 Å². The molecule has 1 aliphatic rings. The highest BCUT2D eigenvalue weighted by Crippen LogP contribution is 2.30. The van der Waals surface area contributed by atoms with E-state index in [0.717, 1.165) is 43.1 Å². The first kappa shape index (κ1) is 19.0. The second-order valence-corrected chi connectivity index (χ2v) is 8.05. The Bertz CT molecular complexity index is 967. The number of nitrogens with one attached hydrogen (secondary N) is 1. The van der Waals surface area contributed by atoms with E-state index >= 15 is 0 Å². The van der Waals surface area contributed by atoms with Gasteiger partial charge >= 0.3 is 0 Å². The lowest BCUT2D eigenvalue weighted by Crippen LogP contribution is -3.14. The van der Waals surface area contributed by atoms with E-state index in [0.29, 0.717) is 22.8 Å². The van der Waals surface area contributed by atoms with Gasteiger partial charge in [0.2, 0.25) is 0 Å². The van der Waals surface area contributed by atoms with Crippen LogP contribution in [0.3, 0.4) is 0 Å². The lowest BCUT2D eigenvalue weighted by molar-refractivity contribution is -0.906. The van der Waals surface area contributed by atoms with E-state index in [1.807, 2.05) is 31.2 Å². The summed E-state index contributed by atoms with van der Waals surface area (Å²) in [5.74, 6) is -0.371. The number of nitrogens with zero attached hydrogens (tertiary/aromatic N) is 2. The molecule has 0 radical (unpaired) electrons. The van der Waals surface area contributed by atoms with Crippen molar-refractivity contribution in [3.63, 3.8) is 0 Å². The van der Waals surface area contributed by atoms with Crippen molar-refractivity contribution in [3.05, 3.63) is 59.4 Å². The molecule has 5 nitrogen and oxygen atoms in total. The predicted molar refractivity (Wildman–Crippen MR) is 109 cm³/mol. The maximum Gasteiger partial charge on any atom is 0.260 e. The Morgan fingerprint density at radius 2 is 1.96 bits per heavy atom. The van der Waals surface area contributed by atoms with E-state index in [-0.39, 0.29) is 11.7 Å². The van der Waals surface area contributed by atoms with Crippen LogP contribution in [0.15, 0.2) is 42.5 Å². The first-order valence-electron chi connectivity index (χ1n) is 9.46. The summed E-state index contributed by atoms with van der Waals surface area (Å²) < 4.78 is 19.8. The third kappa shape index (κ3) is 4.22. The van der Waals surface area contributed by atoms with Crippen molar-refractivity contribution in [2.45, 2.75) is 6.92 Å². The van der Waals surface area contributed by atoms with Crippen molar-refractivity contribution >= 4 is 32.6 Å². The Balaban J connectivity index is 1.62. The number of hydrogen-bond acceptors (Lipinski definition) is 4. The third-order valence-corrected chi connectivity index (χ3v) is 6.04. The van der Waals surface area contributed by atoms with Crippen LogP contribution in [-0.2, 0) is 4.74 Å². The fraction of sp³-hybridized carbons (Fsp3) is 0.333. The number of carbonyl (C=O) groups is 1. The van der Waals surface area contributed by atoms with Gasteiger partial charge in [-0.1, -0.05) is 29.0 Å². The predicted octanol–water partition coefficient (Wildman–Crippen LogP) is 2.31. The van der Waals surface area contributed by atoms with Gasteiger partial charge in [0.1, 0.15) is 18.9 Å². The zero-order valence-corrected chi connectivity index (χ0v) is 16.6. The maximum absolute atomic E-state index is 13.6. The van der Waals surface area contributed by atoms with Crippen LogP contribution in [-0.4, -0.2) is 50.3 Å². The molecule has 0 unspecified atom stereocenters. The summed E-state index contributed by atoms with van der Waals surface area (Å²) >= 11 is 1.35. The van der Waals surface area contributed by atoms with Crippen LogP contribution in [0, 0.1) is 12.7 Å². The van der Waals surface area contributed by atoms with Crippen molar-refractivity contribution in [2.24, 2.45) is 0 Å².